The van der Waals surface area contributed by atoms with E-state index < -0.39 is 0 Å². The van der Waals surface area contributed by atoms with Gasteiger partial charge in [-0.25, -0.2) is 0 Å². The number of ether oxygens (including phenoxy) is 1. The normalized spacial score (nSPS) is 28.1. The fraction of sp³-hybridized carbons (Fsp3) is 0.625. The summed E-state index contributed by atoms with van der Waals surface area (Å²) in [4.78, 5) is 0. The topological polar surface area (TPSA) is 35.2 Å². The van der Waals surface area contributed by atoms with Crippen molar-refractivity contribution in [1.29, 1.82) is 0 Å². The van der Waals surface area contributed by atoms with Gasteiger partial charge in [0.25, 0.3) is 0 Å². The summed E-state index contributed by atoms with van der Waals surface area (Å²) in [6.45, 7) is 2.29. The molecule has 0 aromatic heterocycles. The zero-order valence-corrected chi connectivity index (χ0v) is 11.6. The number of methoxy groups -OCH3 is 1. The maximum absolute atomic E-state index is 6.56. The molecule has 100 valence electrons. The van der Waals surface area contributed by atoms with Crippen molar-refractivity contribution in [2.45, 2.75) is 51.0 Å². The molecule has 0 spiro atoms. The lowest BCUT2D eigenvalue weighted by molar-refractivity contribution is 0.228. The largest absolute Gasteiger partial charge is 0.497 e. The van der Waals surface area contributed by atoms with E-state index in [-0.39, 0.29) is 5.54 Å². The second-order valence-corrected chi connectivity index (χ2v) is 5.74. The summed E-state index contributed by atoms with van der Waals surface area (Å²) in [7, 11) is 1.71. The Bertz CT molecular complexity index is 380. The van der Waals surface area contributed by atoms with Crippen molar-refractivity contribution in [2.75, 3.05) is 7.11 Å². The Morgan fingerprint density at radius 1 is 1.33 bits per heavy atom. The molecule has 2 heteroatoms. The maximum atomic E-state index is 6.56. The van der Waals surface area contributed by atoms with Gasteiger partial charge in [0.1, 0.15) is 5.75 Å². The fourth-order valence-corrected chi connectivity index (χ4v) is 3.03. The summed E-state index contributed by atoms with van der Waals surface area (Å²) in [5.41, 5.74) is 7.85. The molecule has 0 heterocycles. The van der Waals surface area contributed by atoms with Crippen LogP contribution in [0.1, 0.15) is 44.6 Å². The lowest BCUT2D eigenvalue weighted by Gasteiger charge is -2.37. The van der Waals surface area contributed by atoms with E-state index in [1.54, 1.807) is 7.11 Å². The van der Waals surface area contributed by atoms with Crippen molar-refractivity contribution in [3.05, 3.63) is 29.8 Å². The summed E-state index contributed by atoms with van der Waals surface area (Å²) in [6, 6.07) is 8.30. The van der Waals surface area contributed by atoms with Gasteiger partial charge in [0.05, 0.1) is 7.11 Å². The minimum atomic E-state index is -0.00195. The Hall–Kier alpha value is -1.02. The van der Waals surface area contributed by atoms with Gasteiger partial charge in [-0.15, -0.1) is 0 Å². The molecule has 2 N–H and O–H groups in total. The van der Waals surface area contributed by atoms with Crippen LogP contribution in [0.15, 0.2) is 24.3 Å². The SMILES string of the molecule is CCC1CCC(N)(Cc2cccc(OC)c2)CC1. The van der Waals surface area contributed by atoms with Gasteiger partial charge in [-0.2, -0.15) is 0 Å². The van der Waals surface area contributed by atoms with Crippen molar-refractivity contribution in [1.82, 2.24) is 0 Å². The van der Waals surface area contributed by atoms with Gasteiger partial charge in [0.2, 0.25) is 0 Å². The van der Waals surface area contributed by atoms with Crippen LogP contribution in [0.3, 0.4) is 0 Å². The lowest BCUT2D eigenvalue weighted by Crippen LogP contribution is -2.45. The molecule has 0 bridgehead atoms. The van der Waals surface area contributed by atoms with E-state index in [2.05, 4.69) is 25.1 Å². The van der Waals surface area contributed by atoms with Crippen molar-refractivity contribution < 1.29 is 4.74 Å². The van der Waals surface area contributed by atoms with Gasteiger partial charge in [-0.3, -0.25) is 0 Å². The zero-order chi connectivity index (χ0) is 13.0. The fourth-order valence-electron chi connectivity index (χ4n) is 3.03. The predicted molar refractivity (Wildman–Crippen MR) is 75.9 cm³/mol. The average molecular weight is 247 g/mol. The highest BCUT2D eigenvalue weighted by molar-refractivity contribution is 5.29. The molecule has 0 amide bonds. The van der Waals surface area contributed by atoms with E-state index >= 15 is 0 Å². The third kappa shape index (κ3) is 3.26. The van der Waals surface area contributed by atoms with E-state index in [0.29, 0.717) is 0 Å². The van der Waals surface area contributed by atoms with Crippen LogP contribution >= 0.6 is 0 Å². The number of nitrogens with two attached hydrogens (primary N) is 1. The van der Waals surface area contributed by atoms with Crippen LogP contribution in [0.25, 0.3) is 0 Å². The van der Waals surface area contributed by atoms with Crippen LogP contribution in [0.5, 0.6) is 5.75 Å². The van der Waals surface area contributed by atoms with Crippen LogP contribution in [0, 0.1) is 5.92 Å². The first-order valence-electron chi connectivity index (χ1n) is 7.07. The highest BCUT2D eigenvalue weighted by Crippen LogP contribution is 2.34. The summed E-state index contributed by atoms with van der Waals surface area (Å²) >= 11 is 0. The number of hydrogen-bond donors (Lipinski definition) is 1. The molecular weight excluding hydrogens is 222 g/mol. The second-order valence-electron chi connectivity index (χ2n) is 5.74. The van der Waals surface area contributed by atoms with Gasteiger partial charge in [0.15, 0.2) is 0 Å². The van der Waals surface area contributed by atoms with E-state index in [0.717, 1.165) is 30.9 Å². The van der Waals surface area contributed by atoms with E-state index in [9.17, 15) is 0 Å². The van der Waals surface area contributed by atoms with Crippen LogP contribution in [0.2, 0.25) is 0 Å². The summed E-state index contributed by atoms with van der Waals surface area (Å²) in [5, 5.41) is 0. The molecule has 0 aliphatic heterocycles. The summed E-state index contributed by atoms with van der Waals surface area (Å²) < 4.78 is 5.27. The second kappa shape index (κ2) is 5.75. The molecule has 1 aliphatic rings. The standard InChI is InChI=1S/C16H25NO/c1-3-13-7-9-16(17,10-8-13)12-14-5-4-6-15(11-14)18-2/h4-6,11,13H,3,7-10,12,17H2,1-2H3. The number of hydrogen-bond acceptors (Lipinski definition) is 2. The molecule has 1 aliphatic carbocycles. The molecule has 0 saturated heterocycles. The molecule has 1 aromatic rings. The van der Waals surface area contributed by atoms with Crippen LogP contribution < -0.4 is 10.5 Å². The van der Waals surface area contributed by atoms with Gasteiger partial charge in [-0.05, 0) is 55.7 Å². The third-order valence-corrected chi connectivity index (χ3v) is 4.37. The highest BCUT2D eigenvalue weighted by atomic mass is 16.5. The van der Waals surface area contributed by atoms with Crippen LogP contribution in [0.4, 0.5) is 0 Å². The molecule has 1 saturated carbocycles. The first-order valence-corrected chi connectivity index (χ1v) is 7.07. The molecule has 1 fully saturated rings. The van der Waals surface area contributed by atoms with Gasteiger partial charge in [-0.1, -0.05) is 25.5 Å². The van der Waals surface area contributed by atoms with Crippen LogP contribution in [-0.2, 0) is 6.42 Å². The Morgan fingerprint density at radius 2 is 2.06 bits per heavy atom. The molecule has 2 nitrogen and oxygen atoms in total. The van der Waals surface area contributed by atoms with Crippen molar-refractivity contribution in [2.24, 2.45) is 11.7 Å². The minimum absolute atomic E-state index is 0.00195. The van der Waals surface area contributed by atoms with E-state index in [4.69, 9.17) is 10.5 Å². The maximum Gasteiger partial charge on any atom is 0.119 e. The molecule has 1 aromatic carbocycles. The summed E-state index contributed by atoms with van der Waals surface area (Å²) in [6.07, 6.45) is 7.16. The van der Waals surface area contributed by atoms with E-state index in [1.165, 1.54) is 24.8 Å². The van der Waals surface area contributed by atoms with E-state index in [1.807, 2.05) is 6.07 Å². The Morgan fingerprint density at radius 3 is 2.67 bits per heavy atom. The molecule has 2 rings (SSSR count). The monoisotopic (exact) mass is 247 g/mol. The van der Waals surface area contributed by atoms with Crippen molar-refractivity contribution in [3.63, 3.8) is 0 Å². The number of benzene rings is 1. The van der Waals surface area contributed by atoms with Gasteiger partial charge < -0.3 is 10.5 Å². The molecule has 0 atom stereocenters. The zero-order valence-electron chi connectivity index (χ0n) is 11.6. The lowest BCUT2D eigenvalue weighted by atomic mass is 9.73. The summed E-state index contributed by atoms with van der Waals surface area (Å²) in [5.74, 6) is 1.82. The quantitative estimate of drug-likeness (QED) is 0.883. The van der Waals surface area contributed by atoms with Gasteiger partial charge in [0, 0.05) is 5.54 Å². The minimum Gasteiger partial charge on any atom is -0.497 e. The first kappa shape index (κ1) is 13.4. The Kier molecular flexibility index (Phi) is 4.28. The third-order valence-electron chi connectivity index (χ3n) is 4.37. The van der Waals surface area contributed by atoms with Crippen molar-refractivity contribution in [3.8, 4) is 5.75 Å². The highest BCUT2D eigenvalue weighted by Gasteiger charge is 2.31. The Labute approximate surface area is 111 Å². The van der Waals surface area contributed by atoms with Crippen LogP contribution in [-0.4, -0.2) is 12.6 Å². The Balaban J connectivity index is 1.99. The predicted octanol–water partition coefficient (Wildman–Crippen LogP) is 3.54. The molecular formula is C16H25NO. The molecule has 18 heavy (non-hydrogen) atoms. The average Bonchev–Trinajstić information content (AvgIpc) is 2.39. The molecule has 0 radical (unpaired) electrons. The first-order chi connectivity index (χ1) is 8.65. The molecule has 0 unspecified atom stereocenters. The number of rotatable bonds is 4. The van der Waals surface area contributed by atoms with Crippen molar-refractivity contribution >= 4 is 0 Å². The van der Waals surface area contributed by atoms with Gasteiger partial charge >= 0.3 is 0 Å². The smallest absolute Gasteiger partial charge is 0.119 e.